The van der Waals surface area contributed by atoms with Crippen LogP contribution in [-0.4, -0.2) is 59.6 Å². The van der Waals surface area contributed by atoms with Crippen molar-refractivity contribution in [1.82, 2.24) is 10.2 Å². The van der Waals surface area contributed by atoms with E-state index in [1.807, 2.05) is 91.0 Å². The molecule has 0 radical (unpaired) electrons. The molecule has 8 nitrogen and oxygen atoms in total. The first-order valence-electron chi connectivity index (χ1n) is 17.8. The van der Waals surface area contributed by atoms with Crippen LogP contribution in [0.15, 0.2) is 110 Å². The van der Waals surface area contributed by atoms with Crippen molar-refractivity contribution in [3.8, 4) is 5.75 Å². The van der Waals surface area contributed by atoms with Gasteiger partial charge in [0, 0.05) is 13.0 Å². The summed E-state index contributed by atoms with van der Waals surface area (Å²) in [5, 5.41) is 12.8. The van der Waals surface area contributed by atoms with E-state index in [0.29, 0.717) is 38.8 Å². The van der Waals surface area contributed by atoms with E-state index in [0.717, 1.165) is 48.1 Å². The molecule has 2 N–H and O–H groups in total. The molecule has 1 fully saturated rings. The van der Waals surface area contributed by atoms with Crippen molar-refractivity contribution in [3.05, 3.63) is 127 Å². The highest BCUT2D eigenvalue weighted by Gasteiger charge is 2.32. The molecule has 0 spiro atoms. The highest BCUT2D eigenvalue weighted by atomic mass is 16.5. The summed E-state index contributed by atoms with van der Waals surface area (Å²) in [6, 6.07) is 26.8. The summed E-state index contributed by atoms with van der Waals surface area (Å²) in [5.41, 5.74) is 3.07. The Bertz CT molecular complexity index is 1490. The predicted molar refractivity (Wildman–Crippen MR) is 196 cm³/mol. The van der Waals surface area contributed by atoms with Gasteiger partial charge in [0.15, 0.2) is 0 Å². The number of allylic oxidation sites excluding steroid dienone is 2. The minimum atomic E-state index is -0.642. The fourth-order valence-electron chi connectivity index (χ4n) is 6.40. The second-order valence-electron chi connectivity index (χ2n) is 13.1. The van der Waals surface area contributed by atoms with Gasteiger partial charge in [0.1, 0.15) is 19.0 Å². The Morgan fingerprint density at radius 1 is 0.880 bits per heavy atom. The lowest BCUT2D eigenvalue weighted by atomic mass is 9.94. The highest BCUT2D eigenvalue weighted by molar-refractivity contribution is 5.86. The second-order valence-corrected chi connectivity index (χ2v) is 13.1. The fourth-order valence-corrected chi connectivity index (χ4v) is 6.40. The van der Waals surface area contributed by atoms with E-state index >= 15 is 0 Å². The third-order valence-electron chi connectivity index (χ3n) is 9.20. The molecule has 50 heavy (non-hydrogen) atoms. The van der Waals surface area contributed by atoms with E-state index in [-0.39, 0.29) is 49.4 Å². The Hall–Kier alpha value is -4.69. The van der Waals surface area contributed by atoms with Gasteiger partial charge < -0.3 is 24.8 Å². The number of nitrogens with one attached hydrogen (secondary N) is 1. The van der Waals surface area contributed by atoms with Crippen molar-refractivity contribution in [2.75, 3.05) is 19.8 Å². The highest BCUT2D eigenvalue weighted by Crippen LogP contribution is 2.22. The Balaban J connectivity index is 1.46. The number of hydrogen-bond donors (Lipinski definition) is 2. The van der Waals surface area contributed by atoms with Crippen LogP contribution < -0.4 is 10.1 Å². The van der Waals surface area contributed by atoms with Crippen molar-refractivity contribution >= 4 is 17.8 Å². The van der Waals surface area contributed by atoms with Gasteiger partial charge in [-0.15, -0.1) is 13.2 Å². The van der Waals surface area contributed by atoms with Crippen molar-refractivity contribution in [3.63, 3.8) is 0 Å². The maximum atomic E-state index is 13.8. The third-order valence-corrected chi connectivity index (χ3v) is 9.20. The second kappa shape index (κ2) is 20.7. The molecule has 0 bridgehead atoms. The third kappa shape index (κ3) is 12.3. The van der Waals surface area contributed by atoms with E-state index in [1.165, 1.54) is 0 Å². The summed E-state index contributed by atoms with van der Waals surface area (Å²) < 4.78 is 11.9. The Morgan fingerprint density at radius 2 is 1.56 bits per heavy atom. The monoisotopic (exact) mass is 680 g/mol. The average Bonchev–Trinajstić information content (AvgIpc) is 3.63. The summed E-state index contributed by atoms with van der Waals surface area (Å²) in [7, 11) is 0. The number of carbonyl (C=O) groups excluding carboxylic acids is 3. The van der Waals surface area contributed by atoms with Gasteiger partial charge in [-0.3, -0.25) is 14.4 Å². The molecule has 3 aromatic rings. The van der Waals surface area contributed by atoms with Gasteiger partial charge in [-0.2, -0.15) is 0 Å². The molecule has 0 aliphatic carbocycles. The smallest absolute Gasteiger partial charge is 0.309 e. The van der Waals surface area contributed by atoms with Gasteiger partial charge in [0.25, 0.3) is 0 Å². The lowest BCUT2D eigenvalue weighted by Crippen LogP contribution is -2.45. The van der Waals surface area contributed by atoms with Crippen LogP contribution in [0, 0.1) is 11.8 Å². The molecule has 0 saturated carbocycles. The van der Waals surface area contributed by atoms with Crippen molar-refractivity contribution in [2.24, 2.45) is 11.8 Å². The Kier molecular flexibility index (Phi) is 15.8. The van der Waals surface area contributed by atoms with E-state index < -0.39 is 12.0 Å². The molecule has 1 aliphatic heterocycles. The quantitative estimate of drug-likeness (QED) is 0.0745. The molecule has 266 valence electrons. The van der Waals surface area contributed by atoms with Gasteiger partial charge in [-0.1, -0.05) is 84.9 Å². The van der Waals surface area contributed by atoms with E-state index in [2.05, 4.69) is 18.5 Å². The first-order chi connectivity index (χ1) is 24.4. The van der Waals surface area contributed by atoms with Crippen LogP contribution >= 0.6 is 0 Å². The van der Waals surface area contributed by atoms with Gasteiger partial charge in [-0.25, -0.2) is 0 Å². The molecule has 0 unspecified atom stereocenters. The van der Waals surface area contributed by atoms with Crippen molar-refractivity contribution < 1.29 is 29.0 Å². The van der Waals surface area contributed by atoms with Gasteiger partial charge in [0.2, 0.25) is 11.8 Å². The minimum absolute atomic E-state index is 0.0107. The number of rotatable bonds is 21. The number of nitrogens with zero attached hydrogens (tertiary/aromatic N) is 1. The predicted octanol–water partition coefficient (Wildman–Crippen LogP) is 6.62. The number of likely N-dealkylation sites (tertiary alicyclic amines) is 1. The van der Waals surface area contributed by atoms with Crippen molar-refractivity contribution in [1.29, 1.82) is 0 Å². The van der Waals surface area contributed by atoms with Crippen LogP contribution in [0.2, 0.25) is 0 Å². The molecule has 1 saturated heterocycles. The van der Waals surface area contributed by atoms with E-state index in [9.17, 15) is 19.5 Å². The molecule has 4 atom stereocenters. The van der Waals surface area contributed by atoms with Crippen LogP contribution in [0.1, 0.15) is 61.6 Å². The summed E-state index contributed by atoms with van der Waals surface area (Å²) in [4.78, 5) is 42.2. The summed E-state index contributed by atoms with van der Waals surface area (Å²) >= 11 is 0. The average molecular weight is 681 g/mol. The SMILES string of the molecule is C=CCCC[C@H](Cc1ccccc1)C(=O)OC[C@H](Cc1ccc(OCc2ccccc2)cc1)NC(=O)[C@H](CC=C)CC(=O)N1CCC[C@H]1CO. The number of unbranched alkanes of at least 4 members (excludes halogenated alkanes) is 1. The first kappa shape index (κ1) is 38.1. The Labute approximate surface area is 297 Å². The topological polar surface area (TPSA) is 105 Å². The zero-order valence-corrected chi connectivity index (χ0v) is 29.1. The van der Waals surface area contributed by atoms with Crippen LogP contribution in [-0.2, 0) is 38.6 Å². The van der Waals surface area contributed by atoms with Crippen LogP contribution in [0.3, 0.4) is 0 Å². The normalized spacial score (nSPS) is 15.8. The number of carbonyl (C=O) groups is 3. The molecule has 2 amide bonds. The van der Waals surface area contributed by atoms with E-state index in [4.69, 9.17) is 9.47 Å². The first-order valence-corrected chi connectivity index (χ1v) is 17.8. The standard InChI is InChI=1S/C42H52N2O6/c1-3-5-8-19-36(26-32-15-9-6-10-16-32)42(48)50-31-37(27-33-21-23-39(24-22-33)49-30-34-17-11-7-12-18-34)43-41(47)35(14-4-2)28-40(46)44-25-13-20-38(44)29-45/h3-4,6-7,9-12,15-18,21-24,35-38,45H,1-2,5,8,13-14,19-20,25-31H2,(H,43,47)/t35-,36-,37+,38+/m1/s1. The molecular weight excluding hydrogens is 628 g/mol. The molecule has 4 rings (SSSR count). The lowest BCUT2D eigenvalue weighted by Gasteiger charge is -2.27. The zero-order valence-electron chi connectivity index (χ0n) is 29.1. The van der Waals surface area contributed by atoms with Crippen LogP contribution in [0.4, 0.5) is 0 Å². The summed E-state index contributed by atoms with van der Waals surface area (Å²) in [6.45, 7) is 8.55. The maximum Gasteiger partial charge on any atom is 0.309 e. The molecule has 3 aromatic carbocycles. The number of aliphatic hydroxyl groups excluding tert-OH is 1. The van der Waals surface area contributed by atoms with Crippen molar-refractivity contribution in [2.45, 2.75) is 76.5 Å². The van der Waals surface area contributed by atoms with Gasteiger partial charge in [-0.05, 0) is 80.2 Å². The lowest BCUT2D eigenvalue weighted by molar-refractivity contribution is -0.150. The number of hydrogen-bond acceptors (Lipinski definition) is 6. The number of esters is 1. The van der Waals surface area contributed by atoms with Gasteiger partial charge >= 0.3 is 5.97 Å². The van der Waals surface area contributed by atoms with Crippen LogP contribution in [0.5, 0.6) is 5.75 Å². The summed E-state index contributed by atoms with van der Waals surface area (Å²) in [5.74, 6) is -1.00. The van der Waals surface area contributed by atoms with Crippen LogP contribution in [0.25, 0.3) is 0 Å². The largest absolute Gasteiger partial charge is 0.489 e. The Morgan fingerprint density at radius 3 is 2.22 bits per heavy atom. The summed E-state index contributed by atoms with van der Waals surface area (Å²) in [6.07, 6.45) is 8.67. The molecule has 8 heteroatoms. The van der Waals surface area contributed by atoms with E-state index in [1.54, 1.807) is 11.0 Å². The number of benzene rings is 3. The fraction of sp³-hybridized carbons (Fsp3) is 0.405. The molecule has 1 aliphatic rings. The minimum Gasteiger partial charge on any atom is -0.489 e. The molecular formula is C42H52N2O6. The number of aliphatic hydroxyl groups is 1. The molecule has 1 heterocycles. The maximum absolute atomic E-state index is 13.8. The zero-order chi connectivity index (χ0) is 35.6. The molecule has 0 aromatic heterocycles. The van der Waals surface area contributed by atoms with Gasteiger partial charge in [0.05, 0.1) is 30.5 Å². The number of amides is 2. The number of ether oxygens (including phenoxy) is 2.